The topological polar surface area (TPSA) is 58.8 Å². The lowest BCUT2D eigenvalue weighted by Gasteiger charge is -2.37. The molecule has 0 spiro atoms. The highest BCUT2D eigenvalue weighted by Crippen LogP contribution is 2.30. The first-order valence-electron chi connectivity index (χ1n) is 10.9. The monoisotopic (exact) mass is 446 g/mol. The fourth-order valence-electron chi connectivity index (χ4n) is 4.43. The molecule has 0 radical (unpaired) electrons. The number of halogens is 3. The van der Waals surface area contributed by atoms with Crippen LogP contribution in [-0.2, 0) is 10.9 Å². The van der Waals surface area contributed by atoms with Crippen molar-refractivity contribution in [3.8, 4) is 11.4 Å². The molecule has 3 aromatic rings. The molecule has 0 bridgehead atoms. The SMILES string of the molecule is FC(F)(F)c1ccc2ncc(-c3ccnc(N4CCN(CC5CCCOC5)CC4)n3)n2c1. The predicted molar refractivity (Wildman–Crippen MR) is 113 cm³/mol. The smallest absolute Gasteiger partial charge is 0.381 e. The molecule has 10 heteroatoms. The van der Waals surface area contributed by atoms with Crippen molar-refractivity contribution in [3.05, 3.63) is 42.4 Å². The summed E-state index contributed by atoms with van der Waals surface area (Å²) in [4.78, 5) is 17.9. The van der Waals surface area contributed by atoms with Crippen molar-refractivity contribution in [1.82, 2.24) is 24.3 Å². The third-order valence-electron chi connectivity index (χ3n) is 6.16. The summed E-state index contributed by atoms with van der Waals surface area (Å²) < 4.78 is 46.5. The van der Waals surface area contributed by atoms with Gasteiger partial charge in [-0.1, -0.05) is 0 Å². The van der Waals surface area contributed by atoms with Crippen LogP contribution in [0, 0.1) is 5.92 Å². The summed E-state index contributed by atoms with van der Waals surface area (Å²) in [5.74, 6) is 1.19. The summed E-state index contributed by atoms with van der Waals surface area (Å²) >= 11 is 0. The maximum Gasteiger partial charge on any atom is 0.417 e. The maximum absolute atomic E-state index is 13.2. The molecule has 2 saturated heterocycles. The Bertz CT molecular complexity index is 1070. The minimum absolute atomic E-state index is 0.438. The minimum Gasteiger partial charge on any atom is -0.381 e. The number of nitrogens with zero attached hydrogens (tertiary/aromatic N) is 6. The third kappa shape index (κ3) is 4.42. The lowest BCUT2D eigenvalue weighted by molar-refractivity contribution is -0.137. The van der Waals surface area contributed by atoms with Crippen LogP contribution in [0.2, 0.25) is 0 Å². The van der Waals surface area contributed by atoms with Gasteiger partial charge < -0.3 is 9.64 Å². The van der Waals surface area contributed by atoms with Crippen molar-refractivity contribution in [3.63, 3.8) is 0 Å². The molecule has 2 fully saturated rings. The Balaban J connectivity index is 1.31. The number of anilines is 1. The lowest BCUT2D eigenvalue weighted by atomic mass is 10.0. The Morgan fingerprint density at radius 2 is 1.91 bits per heavy atom. The number of fused-ring (bicyclic) bond motifs is 1. The summed E-state index contributed by atoms with van der Waals surface area (Å²) in [6.07, 6.45) is 2.20. The fourth-order valence-corrected chi connectivity index (χ4v) is 4.43. The van der Waals surface area contributed by atoms with Crippen LogP contribution in [0.25, 0.3) is 17.0 Å². The molecule has 0 amide bonds. The normalized spacial score (nSPS) is 20.7. The Labute approximate surface area is 183 Å². The van der Waals surface area contributed by atoms with Crippen molar-refractivity contribution in [2.45, 2.75) is 19.0 Å². The molecular weight excluding hydrogens is 421 g/mol. The van der Waals surface area contributed by atoms with Crippen LogP contribution < -0.4 is 4.90 Å². The summed E-state index contributed by atoms with van der Waals surface area (Å²) in [5, 5.41) is 0. The number of hydrogen-bond acceptors (Lipinski definition) is 6. The van der Waals surface area contributed by atoms with E-state index in [-0.39, 0.29) is 0 Å². The number of aromatic nitrogens is 4. The van der Waals surface area contributed by atoms with Crippen LogP contribution in [0.4, 0.5) is 19.1 Å². The molecule has 1 unspecified atom stereocenters. The van der Waals surface area contributed by atoms with Gasteiger partial charge in [0.25, 0.3) is 0 Å². The first-order chi connectivity index (χ1) is 15.5. The summed E-state index contributed by atoms with van der Waals surface area (Å²) in [6, 6.07) is 4.11. The van der Waals surface area contributed by atoms with Crippen molar-refractivity contribution in [2.75, 3.05) is 50.8 Å². The molecule has 0 aromatic carbocycles. The number of alkyl halides is 3. The lowest BCUT2D eigenvalue weighted by Crippen LogP contribution is -2.49. The molecule has 170 valence electrons. The highest BCUT2D eigenvalue weighted by atomic mass is 19.4. The number of hydrogen-bond donors (Lipinski definition) is 0. The second-order valence-electron chi connectivity index (χ2n) is 8.40. The van der Waals surface area contributed by atoms with E-state index in [4.69, 9.17) is 4.74 Å². The average molecular weight is 446 g/mol. The van der Waals surface area contributed by atoms with E-state index in [0.717, 1.165) is 64.6 Å². The number of rotatable bonds is 4. The van der Waals surface area contributed by atoms with Gasteiger partial charge in [-0.3, -0.25) is 9.30 Å². The van der Waals surface area contributed by atoms with Crippen molar-refractivity contribution in [2.24, 2.45) is 5.92 Å². The van der Waals surface area contributed by atoms with Gasteiger partial charge in [-0.15, -0.1) is 0 Å². The van der Waals surface area contributed by atoms with Crippen LogP contribution in [-0.4, -0.2) is 70.2 Å². The molecule has 7 nitrogen and oxygen atoms in total. The van der Waals surface area contributed by atoms with E-state index in [1.54, 1.807) is 18.5 Å². The van der Waals surface area contributed by atoms with E-state index >= 15 is 0 Å². The largest absolute Gasteiger partial charge is 0.417 e. The standard InChI is InChI=1S/C22H25F3N6O/c23-22(24,25)17-3-4-20-27-12-19(31(20)14-17)18-5-6-26-21(28-18)30-9-7-29(8-10-30)13-16-2-1-11-32-15-16/h3-6,12,14,16H,1-2,7-11,13,15H2. The van der Waals surface area contributed by atoms with E-state index in [1.165, 1.54) is 16.9 Å². The van der Waals surface area contributed by atoms with Crippen LogP contribution in [0.5, 0.6) is 0 Å². The number of imidazole rings is 1. The molecule has 0 N–H and O–H groups in total. The number of piperazine rings is 1. The molecular formula is C22H25F3N6O. The van der Waals surface area contributed by atoms with E-state index < -0.39 is 11.7 Å². The fraction of sp³-hybridized carbons (Fsp3) is 0.500. The van der Waals surface area contributed by atoms with Crippen molar-refractivity contribution < 1.29 is 17.9 Å². The van der Waals surface area contributed by atoms with Crippen LogP contribution in [0.3, 0.4) is 0 Å². The highest BCUT2D eigenvalue weighted by molar-refractivity contribution is 5.61. The van der Waals surface area contributed by atoms with Crippen LogP contribution in [0.15, 0.2) is 36.8 Å². The van der Waals surface area contributed by atoms with Gasteiger partial charge in [0.05, 0.1) is 29.8 Å². The molecule has 32 heavy (non-hydrogen) atoms. The first kappa shape index (κ1) is 21.1. The Morgan fingerprint density at radius 3 is 2.66 bits per heavy atom. The second kappa shape index (κ2) is 8.67. The molecule has 1 atom stereocenters. The van der Waals surface area contributed by atoms with Gasteiger partial charge in [-0.25, -0.2) is 15.0 Å². The van der Waals surface area contributed by atoms with Gasteiger partial charge in [0, 0.05) is 51.7 Å². The number of ether oxygens (including phenoxy) is 1. The Morgan fingerprint density at radius 1 is 1.06 bits per heavy atom. The van der Waals surface area contributed by atoms with Gasteiger partial charge in [-0.05, 0) is 37.0 Å². The Kier molecular flexibility index (Phi) is 5.73. The Hall–Kier alpha value is -2.72. The first-order valence-corrected chi connectivity index (χ1v) is 10.9. The minimum atomic E-state index is -4.42. The molecule has 5 heterocycles. The van der Waals surface area contributed by atoms with Gasteiger partial charge in [0.15, 0.2) is 0 Å². The van der Waals surface area contributed by atoms with Crippen molar-refractivity contribution >= 4 is 11.6 Å². The third-order valence-corrected chi connectivity index (χ3v) is 6.16. The van der Waals surface area contributed by atoms with Gasteiger partial charge in [-0.2, -0.15) is 13.2 Å². The van der Waals surface area contributed by atoms with Crippen LogP contribution in [0.1, 0.15) is 18.4 Å². The molecule has 2 aliphatic rings. The average Bonchev–Trinajstić information content (AvgIpc) is 3.23. The summed E-state index contributed by atoms with van der Waals surface area (Å²) in [7, 11) is 0. The van der Waals surface area contributed by atoms with Gasteiger partial charge >= 0.3 is 6.18 Å². The molecule has 5 rings (SSSR count). The van der Waals surface area contributed by atoms with E-state index in [0.29, 0.717) is 28.9 Å². The molecule has 3 aromatic heterocycles. The zero-order valence-electron chi connectivity index (χ0n) is 17.6. The van der Waals surface area contributed by atoms with E-state index in [2.05, 4.69) is 24.8 Å². The highest BCUT2D eigenvalue weighted by Gasteiger charge is 2.31. The molecule has 0 saturated carbocycles. The van der Waals surface area contributed by atoms with Crippen LogP contribution >= 0.6 is 0 Å². The zero-order valence-corrected chi connectivity index (χ0v) is 17.6. The molecule has 2 aliphatic heterocycles. The number of pyridine rings is 1. The zero-order chi connectivity index (χ0) is 22.1. The van der Waals surface area contributed by atoms with E-state index in [9.17, 15) is 13.2 Å². The predicted octanol–water partition coefficient (Wildman–Crippen LogP) is 3.36. The maximum atomic E-state index is 13.2. The van der Waals surface area contributed by atoms with Crippen molar-refractivity contribution in [1.29, 1.82) is 0 Å². The van der Waals surface area contributed by atoms with E-state index in [1.807, 2.05) is 0 Å². The van der Waals surface area contributed by atoms with Gasteiger partial charge in [0.1, 0.15) is 5.65 Å². The van der Waals surface area contributed by atoms with Gasteiger partial charge in [0.2, 0.25) is 5.95 Å². The quantitative estimate of drug-likeness (QED) is 0.613. The molecule has 0 aliphatic carbocycles. The summed E-state index contributed by atoms with van der Waals surface area (Å²) in [6.45, 7) is 6.24. The summed E-state index contributed by atoms with van der Waals surface area (Å²) in [5.41, 5.74) is 0.765. The second-order valence-corrected chi connectivity index (χ2v) is 8.40.